The topological polar surface area (TPSA) is 103 Å². The molecule has 1 aliphatic heterocycles. The number of amides is 2. The van der Waals surface area contributed by atoms with Crippen molar-refractivity contribution in [3.63, 3.8) is 0 Å². The van der Waals surface area contributed by atoms with Gasteiger partial charge in [-0.05, 0) is 43.7 Å². The number of hydrogen-bond acceptors (Lipinski definition) is 7. The van der Waals surface area contributed by atoms with Gasteiger partial charge in [-0.2, -0.15) is 0 Å². The minimum absolute atomic E-state index is 0.0439. The number of rotatable bonds is 6. The molecule has 1 aromatic heterocycles. The normalized spacial score (nSPS) is 11.7. The summed E-state index contributed by atoms with van der Waals surface area (Å²) in [4.78, 5) is 38.4. The zero-order chi connectivity index (χ0) is 23.5. The van der Waals surface area contributed by atoms with E-state index in [0.29, 0.717) is 22.7 Å². The van der Waals surface area contributed by atoms with Crippen molar-refractivity contribution in [2.75, 3.05) is 24.0 Å². The summed E-state index contributed by atoms with van der Waals surface area (Å²) in [7, 11) is 0. The van der Waals surface area contributed by atoms with Gasteiger partial charge >= 0.3 is 5.97 Å². The maximum atomic E-state index is 14.0. The van der Waals surface area contributed by atoms with E-state index in [9.17, 15) is 18.8 Å². The zero-order valence-corrected chi connectivity index (χ0v) is 18.5. The molecule has 0 unspecified atom stereocenters. The molecule has 2 N–H and O–H groups in total. The second-order valence-corrected chi connectivity index (χ2v) is 7.96. The van der Waals surface area contributed by atoms with Crippen LogP contribution in [0.3, 0.4) is 0 Å². The summed E-state index contributed by atoms with van der Waals surface area (Å²) in [5.74, 6) is -1.57. The van der Waals surface area contributed by atoms with E-state index in [1.165, 1.54) is 18.2 Å². The van der Waals surface area contributed by atoms with Crippen LogP contribution < -0.4 is 20.1 Å². The lowest BCUT2D eigenvalue weighted by molar-refractivity contribution is 0.0527. The Labute approximate surface area is 192 Å². The molecule has 170 valence electrons. The van der Waals surface area contributed by atoms with Gasteiger partial charge in [0.2, 0.25) is 6.79 Å². The Morgan fingerprint density at radius 2 is 1.82 bits per heavy atom. The summed E-state index contributed by atoms with van der Waals surface area (Å²) in [5, 5.41) is 5.38. The van der Waals surface area contributed by atoms with E-state index in [2.05, 4.69) is 10.6 Å². The average Bonchev–Trinajstić information content (AvgIpc) is 3.38. The van der Waals surface area contributed by atoms with Crippen LogP contribution in [0.25, 0.3) is 0 Å². The predicted octanol–water partition coefficient (Wildman–Crippen LogP) is 4.61. The largest absolute Gasteiger partial charge is 0.462 e. The first kappa shape index (κ1) is 22.3. The quantitative estimate of drug-likeness (QED) is 0.510. The number of benzene rings is 2. The molecule has 0 fully saturated rings. The molecule has 33 heavy (non-hydrogen) atoms. The third-order valence-electron chi connectivity index (χ3n) is 4.81. The molecule has 10 heteroatoms. The van der Waals surface area contributed by atoms with Gasteiger partial charge in [0.15, 0.2) is 11.5 Å². The highest BCUT2D eigenvalue weighted by Gasteiger charge is 2.27. The van der Waals surface area contributed by atoms with Gasteiger partial charge < -0.3 is 24.8 Å². The number of halogens is 1. The van der Waals surface area contributed by atoms with Crippen LogP contribution in [0.4, 0.5) is 15.1 Å². The number of nitrogens with one attached hydrogen (secondary N) is 2. The van der Waals surface area contributed by atoms with Crippen molar-refractivity contribution >= 4 is 39.8 Å². The molecule has 0 spiro atoms. The molecule has 0 bridgehead atoms. The van der Waals surface area contributed by atoms with E-state index in [-0.39, 0.29) is 34.4 Å². The monoisotopic (exact) mass is 470 g/mol. The summed E-state index contributed by atoms with van der Waals surface area (Å²) >= 11 is 0.899. The zero-order valence-electron chi connectivity index (χ0n) is 17.7. The summed E-state index contributed by atoms with van der Waals surface area (Å²) in [6, 6.07) is 10.4. The maximum absolute atomic E-state index is 14.0. The number of thiophene rings is 1. The van der Waals surface area contributed by atoms with Crippen LogP contribution in [0.2, 0.25) is 0 Å². The second kappa shape index (κ2) is 9.29. The molecule has 0 radical (unpaired) electrons. The van der Waals surface area contributed by atoms with Gasteiger partial charge in [-0.15, -0.1) is 11.3 Å². The van der Waals surface area contributed by atoms with E-state index in [0.717, 1.165) is 17.4 Å². The number of fused-ring (bicyclic) bond motifs is 1. The highest BCUT2D eigenvalue weighted by molar-refractivity contribution is 7.19. The van der Waals surface area contributed by atoms with Gasteiger partial charge in [0.1, 0.15) is 10.8 Å². The average molecular weight is 470 g/mol. The Morgan fingerprint density at radius 3 is 2.58 bits per heavy atom. The summed E-state index contributed by atoms with van der Waals surface area (Å²) < 4.78 is 29.7. The Balaban J connectivity index is 1.64. The highest BCUT2D eigenvalue weighted by Crippen LogP contribution is 2.37. The molecule has 0 atom stereocenters. The predicted molar refractivity (Wildman–Crippen MR) is 120 cm³/mol. The van der Waals surface area contributed by atoms with Crippen LogP contribution in [-0.4, -0.2) is 31.2 Å². The molecular weight excluding hydrogens is 451 g/mol. The molecule has 8 nitrogen and oxygen atoms in total. The van der Waals surface area contributed by atoms with Crippen molar-refractivity contribution in [2.24, 2.45) is 0 Å². The van der Waals surface area contributed by atoms with Crippen molar-refractivity contribution in [3.05, 3.63) is 69.8 Å². The Morgan fingerprint density at radius 1 is 1.06 bits per heavy atom. The summed E-state index contributed by atoms with van der Waals surface area (Å²) in [6.45, 7) is 3.43. The van der Waals surface area contributed by atoms with Crippen molar-refractivity contribution in [1.29, 1.82) is 0 Å². The van der Waals surface area contributed by atoms with E-state index in [1.54, 1.807) is 32.0 Å². The van der Waals surface area contributed by atoms with Crippen LogP contribution in [0.15, 0.2) is 42.5 Å². The maximum Gasteiger partial charge on any atom is 0.341 e. The number of carbonyl (C=O) groups excluding carboxylic acids is 3. The van der Waals surface area contributed by atoms with Gasteiger partial charge in [0, 0.05) is 11.8 Å². The first-order valence-electron chi connectivity index (χ1n) is 9.96. The summed E-state index contributed by atoms with van der Waals surface area (Å²) in [6.07, 6.45) is 0. The first-order valence-corrected chi connectivity index (χ1v) is 10.8. The fourth-order valence-electron chi connectivity index (χ4n) is 3.25. The molecular formula is C23H19FN2O6S. The fourth-order valence-corrected chi connectivity index (χ4v) is 4.33. The lowest BCUT2D eigenvalue weighted by Crippen LogP contribution is -2.16. The molecule has 0 saturated carbocycles. The molecule has 1 aliphatic rings. The highest BCUT2D eigenvalue weighted by atomic mass is 32.1. The van der Waals surface area contributed by atoms with Crippen LogP contribution in [0.5, 0.6) is 11.5 Å². The number of esters is 1. The van der Waals surface area contributed by atoms with Crippen molar-refractivity contribution in [1.82, 2.24) is 0 Å². The summed E-state index contributed by atoms with van der Waals surface area (Å²) in [5.41, 5.74) is 0.652. The van der Waals surface area contributed by atoms with Gasteiger partial charge in [0.25, 0.3) is 11.8 Å². The SMILES string of the molecule is CCOC(=O)c1c(NC(=O)c2ccccc2F)sc(C(=O)Nc2ccc3c(c2)OCO3)c1C. The van der Waals surface area contributed by atoms with E-state index >= 15 is 0 Å². The minimum Gasteiger partial charge on any atom is -0.462 e. The lowest BCUT2D eigenvalue weighted by Gasteiger charge is -2.07. The Hall–Kier alpha value is -3.92. The molecule has 2 heterocycles. The second-order valence-electron chi connectivity index (χ2n) is 6.94. The van der Waals surface area contributed by atoms with Crippen LogP contribution in [0.1, 0.15) is 42.9 Å². The fraction of sp³-hybridized carbons (Fsp3) is 0.174. The number of anilines is 2. The minimum atomic E-state index is -0.748. The molecule has 4 rings (SSSR count). The first-order chi connectivity index (χ1) is 15.9. The Bertz CT molecular complexity index is 1260. The van der Waals surface area contributed by atoms with Gasteiger partial charge in [0.05, 0.1) is 22.6 Å². The van der Waals surface area contributed by atoms with Gasteiger partial charge in [-0.1, -0.05) is 12.1 Å². The van der Waals surface area contributed by atoms with Crippen LogP contribution in [-0.2, 0) is 4.74 Å². The standard InChI is InChI=1S/C23H19FN2O6S/c1-3-30-23(29)18-12(2)19(21(28)25-13-8-9-16-17(10-13)32-11-31-16)33-22(18)26-20(27)14-6-4-5-7-15(14)24/h4-10H,3,11H2,1-2H3,(H,25,28)(H,26,27). The van der Waals surface area contributed by atoms with Gasteiger partial charge in [-0.25, -0.2) is 9.18 Å². The number of ether oxygens (including phenoxy) is 3. The van der Waals surface area contributed by atoms with Crippen molar-refractivity contribution in [2.45, 2.75) is 13.8 Å². The molecule has 0 saturated heterocycles. The Kier molecular flexibility index (Phi) is 6.27. The van der Waals surface area contributed by atoms with E-state index in [1.807, 2.05) is 0 Å². The lowest BCUT2D eigenvalue weighted by atomic mass is 10.1. The third kappa shape index (κ3) is 4.51. The third-order valence-corrected chi connectivity index (χ3v) is 6.01. The van der Waals surface area contributed by atoms with Crippen molar-refractivity contribution < 1.29 is 33.0 Å². The van der Waals surface area contributed by atoms with E-state index in [4.69, 9.17) is 14.2 Å². The van der Waals surface area contributed by atoms with Crippen LogP contribution in [0, 0.1) is 12.7 Å². The smallest absolute Gasteiger partial charge is 0.341 e. The van der Waals surface area contributed by atoms with Gasteiger partial charge in [-0.3, -0.25) is 9.59 Å². The van der Waals surface area contributed by atoms with Crippen LogP contribution >= 0.6 is 11.3 Å². The molecule has 2 amide bonds. The number of carbonyl (C=O) groups is 3. The molecule has 2 aromatic carbocycles. The van der Waals surface area contributed by atoms with E-state index < -0.39 is 23.6 Å². The molecule has 0 aliphatic carbocycles. The number of hydrogen-bond donors (Lipinski definition) is 2. The molecule has 3 aromatic rings. The van der Waals surface area contributed by atoms with Crippen molar-refractivity contribution in [3.8, 4) is 11.5 Å².